The van der Waals surface area contributed by atoms with Crippen molar-refractivity contribution in [2.75, 3.05) is 19.7 Å². The lowest BCUT2D eigenvalue weighted by molar-refractivity contribution is -0.132. The molecular formula is C18H25ClN2O2. The Bertz CT molecular complexity index is 580. The third kappa shape index (κ3) is 2.94. The highest BCUT2D eigenvalue weighted by molar-refractivity contribution is 5.85. The average molecular weight is 337 g/mol. The maximum absolute atomic E-state index is 13.0. The second-order valence-corrected chi connectivity index (χ2v) is 6.99. The Kier molecular flexibility index (Phi) is 4.83. The topological polar surface area (TPSA) is 55.6 Å². The number of ether oxygens (including phenoxy) is 1. The molecule has 1 saturated heterocycles. The molecule has 126 valence electrons. The smallest absolute Gasteiger partial charge is 0.230 e. The number of benzene rings is 1. The van der Waals surface area contributed by atoms with Crippen molar-refractivity contribution in [2.24, 2.45) is 17.6 Å². The van der Waals surface area contributed by atoms with Crippen LogP contribution < -0.4 is 10.5 Å². The molecule has 0 radical (unpaired) electrons. The van der Waals surface area contributed by atoms with Gasteiger partial charge in [-0.2, -0.15) is 0 Å². The van der Waals surface area contributed by atoms with E-state index in [1.54, 1.807) is 0 Å². The number of hydrogen-bond acceptors (Lipinski definition) is 3. The first-order valence-electron chi connectivity index (χ1n) is 8.50. The minimum absolute atomic E-state index is 0. The number of carbonyl (C=O) groups excluding carboxylic acids is 1. The van der Waals surface area contributed by atoms with Crippen LogP contribution in [0.1, 0.15) is 37.2 Å². The number of rotatable bonds is 1. The normalized spacial score (nSPS) is 32.3. The van der Waals surface area contributed by atoms with Gasteiger partial charge < -0.3 is 15.4 Å². The van der Waals surface area contributed by atoms with Gasteiger partial charge in [0.25, 0.3) is 0 Å². The molecule has 2 heterocycles. The number of amides is 1. The van der Waals surface area contributed by atoms with Crippen LogP contribution in [0.15, 0.2) is 24.3 Å². The van der Waals surface area contributed by atoms with E-state index in [1.165, 1.54) is 12.8 Å². The van der Waals surface area contributed by atoms with E-state index in [0.29, 0.717) is 18.4 Å². The minimum atomic E-state index is -0.0404. The number of nitrogens with zero attached hydrogens (tertiary/aromatic N) is 1. The zero-order valence-electron chi connectivity index (χ0n) is 13.3. The van der Waals surface area contributed by atoms with Gasteiger partial charge >= 0.3 is 0 Å². The van der Waals surface area contributed by atoms with Crippen molar-refractivity contribution in [1.82, 2.24) is 4.90 Å². The molecule has 5 heteroatoms. The van der Waals surface area contributed by atoms with Crippen LogP contribution in [0.5, 0.6) is 5.75 Å². The van der Waals surface area contributed by atoms with Crippen molar-refractivity contribution in [2.45, 2.75) is 37.6 Å². The van der Waals surface area contributed by atoms with Crippen LogP contribution in [0.2, 0.25) is 0 Å². The van der Waals surface area contributed by atoms with Crippen LogP contribution in [-0.2, 0) is 4.79 Å². The van der Waals surface area contributed by atoms with Gasteiger partial charge in [-0.05, 0) is 37.2 Å². The second kappa shape index (κ2) is 6.70. The van der Waals surface area contributed by atoms with E-state index >= 15 is 0 Å². The monoisotopic (exact) mass is 336 g/mol. The summed E-state index contributed by atoms with van der Waals surface area (Å²) in [4.78, 5) is 15.1. The molecule has 23 heavy (non-hydrogen) atoms. The Labute approximate surface area is 143 Å². The number of hydrogen-bond donors (Lipinski definition) is 1. The first-order chi connectivity index (χ1) is 10.7. The molecule has 1 aliphatic carbocycles. The lowest BCUT2D eigenvalue weighted by atomic mass is 9.78. The molecule has 2 fully saturated rings. The fourth-order valence-electron chi connectivity index (χ4n) is 4.52. The van der Waals surface area contributed by atoms with E-state index in [1.807, 2.05) is 24.3 Å². The Morgan fingerprint density at radius 3 is 2.83 bits per heavy atom. The van der Waals surface area contributed by atoms with Gasteiger partial charge in [-0.25, -0.2) is 0 Å². The van der Waals surface area contributed by atoms with Gasteiger partial charge in [0.05, 0.1) is 12.5 Å². The zero-order valence-corrected chi connectivity index (χ0v) is 14.1. The highest BCUT2D eigenvalue weighted by Crippen LogP contribution is 2.39. The largest absolute Gasteiger partial charge is 0.493 e. The van der Waals surface area contributed by atoms with Crippen LogP contribution in [0, 0.1) is 11.8 Å². The molecule has 4 atom stereocenters. The molecule has 1 saturated carbocycles. The zero-order chi connectivity index (χ0) is 15.1. The predicted octanol–water partition coefficient (Wildman–Crippen LogP) is 2.56. The summed E-state index contributed by atoms with van der Waals surface area (Å²) in [6.07, 6.45) is 4.34. The lowest BCUT2D eigenvalue weighted by Gasteiger charge is -2.29. The Balaban J connectivity index is 0.00000156. The van der Waals surface area contributed by atoms with Crippen molar-refractivity contribution < 1.29 is 9.53 Å². The number of carbonyl (C=O) groups is 1. The Hall–Kier alpha value is -1.26. The fourth-order valence-corrected chi connectivity index (χ4v) is 4.52. The minimum Gasteiger partial charge on any atom is -0.493 e. The van der Waals surface area contributed by atoms with E-state index in [9.17, 15) is 4.79 Å². The number of fused-ring (bicyclic) bond motifs is 2. The van der Waals surface area contributed by atoms with Gasteiger partial charge in [0, 0.05) is 24.7 Å². The van der Waals surface area contributed by atoms with Crippen LogP contribution in [-0.4, -0.2) is 36.5 Å². The quantitative estimate of drug-likeness (QED) is 0.857. The lowest BCUT2D eigenvalue weighted by Crippen LogP contribution is -2.39. The van der Waals surface area contributed by atoms with Gasteiger partial charge in [0.15, 0.2) is 0 Å². The van der Waals surface area contributed by atoms with Crippen molar-refractivity contribution >= 4 is 18.3 Å². The Morgan fingerprint density at radius 2 is 2.00 bits per heavy atom. The molecule has 4 rings (SSSR count). The van der Waals surface area contributed by atoms with Crippen molar-refractivity contribution in [3.8, 4) is 5.75 Å². The summed E-state index contributed by atoms with van der Waals surface area (Å²) in [5.41, 5.74) is 7.33. The third-order valence-corrected chi connectivity index (χ3v) is 5.72. The van der Waals surface area contributed by atoms with E-state index in [-0.39, 0.29) is 30.3 Å². The van der Waals surface area contributed by atoms with Crippen molar-refractivity contribution in [1.29, 1.82) is 0 Å². The SMILES string of the molecule is Cl.NC1CCCC2CN(C(=O)C3CCOc4ccccc43)CC12. The highest BCUT2D eigenvalue weighted by atomic mass is 35.5. The maximum Gasteiger partial charge on any atom is 0.230 e. The summed E-state index contributed by atoms with van der Waals surface area (Å²) in [6.45, 7) is 2.38. The summed E-state index contributed by atoms with van der Waals surface area (Å²) in [5.74, 6) is 2.23. The summed E-state index contributed by atoms with van der Waals surface area (Å²) in [5, 5.41) is 0. The van der Waals surface area contributed by atoms with Crippen LogP contribution in [0.4, 0.5) is 0 Å². The number of likely N-dealkylation sites (tertiary alicyclic amines) is 1. The van der Waals surface area contributed by atoms with E-state index < -0.39 is 0 Å². The molecule has 2 aliphatic heterocycles. The highest BCUT2D eigenvalue weighted by Gasteiger charge is 2.42. The van der Waals surface area contributed by atoms with E-state index in [4.69, 9.17) is 10.5 Å². The van der Waals surface area contributed by atoms with E-state index in [2.05, 4.69) is 4.90 Å². The van der Waals surface area contributed by atoms with Gasteiger partial charge in [-0.1, -0.05) is 24.6 Å². The molecule has 4 unspecified atom stereocenters. The van der Waals surface area contributed by atoms with Crippen LogP contribution >= 0.6 is 12.4 Å². The number of para-hydroxylation sites is 1. The molecule has 1 amide bonds. The van der Waals surface area contributed by atoms with E-state index in [0.717, 1.165) is 37.2 Å². The van der Waals surface area contributed by atoms with Gasteiger partial charge in [0.1, 0.15) is 5.75 Å². The van der Waals surface area contributed by atoms with Gasteiger partial charge in [-0.15, -0.1) is 12.4 Å². The standard InChI is InChI=1S/C18H24N2O2.ClH/c19-16-6-3-4-12-10-20(11-15(12)16)18(21)14-8-9-22-17-7-2-1-5-13(14)17;/h1-2,5,7,12,14-16H,3-4,6,8-11,19H2;1H. The van der Waals surface area contributed by atoms with Gasteiger partial charge in [-0.3, -0.25) is 4.79 Å². The Morgan fingerprint density at radius 1 is 1.17 bits per heavy atom. The maximum atomic E-state index is 13.0. The molecule has 2 N–H and O–H groups in total. The second-order valence-electron chi connectivity index (χ2n) is 6.99. The van der Waals surface area contributed by atoms with Crippen LogP contribution in [0.25, 0.3) is 0 Å². The molecule has 0 aromatic heterocycles. The molecule has 0 bridgehead atoms. The first kappa shape index (κ1) is 16.6. The third-order valence-electron chi connectivity index (χ3n) is 5.72. The summed E-state index contributed by atoms with van der Waals surface area (Å²) >= 11 is 0. The van der Waals surface area contributed by atoms with Crippen molar-refractivity contribution in [3.63, 3.8) is 0 Å². The number of nitrogens with two attached hydrogens (primary N) is 1. The molecular weight excluding hydrogens is 312 g/mol. The first-order valence-corrected chi connectivity index (χ1v) is 8.50. The number of halogens is 1. The van der Waals surface area contributed by atoms with Gasteiger partial charge in [0.2, 0.25) is 5.91 Å². The van der Waals surface area contributed by atoms with Crippen molar-refractivity contribution in [3.05, 3.63) is 29.8 Å². The summed E-state index contributed by atoms with van der Waals surface area (Å²) < 4.78 is 5.69. The molecule has 1 aromatic rings. The summed E-state index contributed by atoms with van der Waals surface area (Å²) in [7, 11) is 0. The molecule has 0 spiro atoms. The molecule has 3 aliphatic rings. The predicted molar refractivity (Wildman–Crippen MR) is 91.9 cm³/mol. The molecule has 4 nitrogen and oxygen atoms in total. The average Bonchev–Trinajstić information content (AvgIpc) is 2.99. The molecule has 1 aromatic carbocycles. The van der Waals surface area contributed by atoms with Crippen LogP contribution in [0.3, 0.4) is 0 Å². The summed E-state index contributed by atoms with van der Waals surface area (Å²) in [6, 6.07) is 8.24. The fraction of sp³-hybridized carbons (Fsp3) is 0.611.